The van der Waals surface area contributed by atoms with Crippen molar-refractivity contribution >= 4 is 5.84 Å². The number of likely N-dealkylation sites (tertiary alicyclic amines) is 1. The predicted octanol–water partition coefficient (Wildman–Crippen LogP) is 0.640. The second kappa shape index (κ2) is 7.56. The molecule has 0 amide bonds. The highest BCUT2D eigenvalue weighted by Gasteiger charge is 2.38. The molecule has 0 spiro atoms. The van der Waals surface area contributed by atoms with Gasteiger partial charge in [-0.25, -0.2) is 0 Å². The molecule has 1 aliphatic heterocycles. The number of piperidine rings is 1. The number of rotatable bonds is 7. The number of oxime groups is 1. The average molecular weight is 259 g/mol. The van der Waals surface area contributed by atoms with Gasteiger partial charge in [0.15, 0.2) is 5.84 Å². The molecule has 6 nitrogen and oxygen atoms in total. The van der Waals surface area contributed by atoms with E-state index in [1.807, 2.05) is 0 Å². The van der Waals surface area contributed by atoms with Crippen LogP contribution in [0.25, 0.3) is 0 Å². The van der Waals surface area contributed by atoms with E-state index >= 15 is 0 Å². The maximum Gasteiger partial charge on any atom is 0.171 e. The summed E-state index contributed by atoms with van der Waals surface area (Å²) >= 11 is 0. The molecule has 0 radical (unpaired) electrons. The van der Waals surface area contributed by atoms with Crippen LogP contribution >= 0.6 is 0 Å². The van der Waals surface area contributed by atoms with Crippen molar-refractivity contribution in [3.63, 3.8) is 0 Å². The lowest BCUT2D eigenvalue weighted by molar-refractivity contribution is -0.0132. The Labute approximate surface area is 109 Å². The largest absolute Gasteiger partial charge is 0.409 e. The predicted molar refractivity (Wildman–Crippen MR) is 69.9 cm³/mol. The number of hydrogen-bond donors (Lipinski definition) is 2. The van der Waals surface area contributed by atoms with Crippen molar-refractivity contribution in [2.75, 3.05) is 40.0 Å². The van der Waals surface area contributed by atoms with Crippen LogP contribution < -0.4 is 5.73 Å². The van der Waals surface area contributed by atoms with Crippen LogP contribution in [0.15, 0.2) is 5.16 Å². The van der Waals surface area contributed by atoms with Crippen molar-refractivity contribution < 1.29 is 14.7 Å². The van der Waals surface area contributed by atoms with Gasteiger partial charge in [-0.05, 0) is 19.3 Å². The molecular weight excluding hydrogens is 234 g/mol. The van der Waals surface area contributed by atoms with Gasteiger partial charge in [-0.2, -0.15) is 0 Å². The van der Waals surface area contributed by atoms with Crippen LogP contribution in [0.3, 0.4) is 0 Å². The summed E-state index contributed by atoms with van der Waals surface area (Å²) in [6.07, 6.45) is 2.54. The molecule has 0 aromatic heterocycles. The fourth-order valence-corrected chi connectivity index (χ4v) is 2.23. The molecule has 106 valence electrons. The topological polar surface area (TPSA) is 80.3 Å². The first kappa shape index (κ1) is 15.2. The van der Waals surface area contributed by atoms with Crippen LogP contribution in [0, 0.1) is 0 Å². The molecular formula is C12H25N3O3. The molecule has 3 N–H and O–H groups in total. The molecule has 0 bridgehead atoms. The zero-order valence-corrected chi connectivity index (χ0v) is 11.4. The van der Waals surface area contributed by atoms with Gasteiger partial charge in [0.25, 0.3) is 0 Å². The molecule has 6 heteroatoms. The van der Waals surface area contributed by atoms with E-state index < -0.39 is 5.60 Å². The lowest BCUT2D eigenvalue weighted by Crippen LogP contribution is -2.54. The first-order chi connectivity index (χ1) is 8.68. The van der Waals surface area contributed by atoms with Crippen LogP contribution in [-0.4, -0.2) is 61.5 Å². The summed E-state index contributed by atoms with van der Waals surface area (Å²) in [7, 11) is 1.61. The van der Waals surface area contributed by atoms with Crippen molar-refractivity contribution in [1.82, 2.24) is 4.90 Å². The Bertz CT molecular complexity index is 263. The van der Waals surface area contributed by atoms with Crippen molar-refractivity contribution in [3.8, 4) is 0 Å². The van der Waals surface area contributed by atoms with Crippen molar-refractivity contribution in [2.45, 2.75) is 31.8 Å². The SMILES string of the molecule is CCCOCCN1CCC(OC)(C(N)=NO)CC1. The number of hydrogen-bond acceptors (Lipinski definition) is 5. The second-order valence-electron chi connectivity index (χ2n) is 4.64. The summed E-state index contributed by atoms with van der Waals surface area (Å²) in [5, 5.41) is 11.9. The van der Waals surface area contributed by atoms with Crippen molar-refractivity contribution in [2.24, 2.45) is 10.9 Å². The van der Waals surface area contributed by atoms with E-state index in [9.17, 15) is 0 Å². The fraction of sp³-hybridized carbons (Fsp3) is 0.917. The highest BCUT2D eigenvalue weighted by molar-refractivity contribution is 5.88. The van der Waals surface area contributed by atoms with Crippen LogP contribution in [0.1, 0.15) is 26.2 Å². The lowest BCUT2D eigenvalue weighted by atomic mass is 9.90. The van der Waals surface area contributed by atoms with Crippen molar-refractivity contribution in [3.05, 3.63) is 0 Å². The van der Waals surface area contributed by atoms with Gasteiger partial charge in [0.1, 0.15) is 5.60 Å². The maximum absolute atomic E-state index is 8.80. The quantitative estimate of drug-likeness (QED) is 0.230. The highest BCUT2D eigenvalue weighted by Crippen LogP contribution is 2.25. The number of nitrogens with two attached hydrogens (primary N) is 1. The lowest BCUT2D eigenvalue weighted by Gasteiger charge is -2.39. The van der Waals surface area contributed by atoms with Crippen LogP contribution in [0.2, 0.25) is 0 Å². The van der Waals surface area contributed by atoms with E-state index in [1.54, 1.807) is 7.11 Å². The van der Waals surface area contributed by atoms with E-state index in [0.29, 0.717) is 0 Å². The summed E-state index contributed by atoms with van der Waals surface area (Å²) in [6, 6.07) is 0. The second-order valence-corrected chi connectivity index (χ2v) is 4.64. The van der Waals surface area contributed by atoms with Gasteiger partial charge >= 0.3 is 0 Å². The molecule has 1 aliphatic rings. The van der Waals surface area contributed by atoms with Gasteiger partial charge in [0.2, 0.25) is 0 Å². The van der Waals surface area contributed by atoms with Crippen molar-refractivity contribution in [1.29, 1.82) is 0 Å². The minimum atomic E-state index is -0.602. The molecule has 0 atom stereocenters. The van der Waals surface area contributed by atoms with E-state index in [2.05, 4.69) is 17.0 Å². The van der Waals surface area contributed by atoms with Gasteiger partial charge in [0.05, 0.1) is 6.61 Å². The summed E-state index contributed by atoms with van der Waals surface area (Å²) < 4.78 is 10.9. The van der Waals surface area contributed by atoms with E-state index in [4.69, 9.17) is 20.4 Å². The third-order valence-corrected chi connectivity index (χ3v) is 3.53. The molecule has 0 aromatic rings. The van der Waals surface area contributed by atoms with Crippen LogP contribution in [0.4, 0.5) is 0 Å². The van der Waals surface area contributed by atoms with Gasteiger partial charge in [-0.1, -0.05) is 12.1 Å². The minimum absolute atomic E-state index is 0.173. The zero-order chi connectivity index (χ0) is 13.4. The molecule has 0 aromatic carbocycles. The zero-order valence-electron chi connectivity index (χ0n) is 11.4. The van der Waals surface area contributed by atoms with Gasteiger partial charge in [0, 0.05) is 33.4 Å². The molecule has 0 saturated carbocycles. The standard InChI is InChI=1S/C12H25N3O3/c1-3-9-18-10-8-15-6-4-12(17-2,5-7-15)11(13)14-16/h16H,3-10H2,1-2H3,(H2,13,14). The number of amidine groups is 1. The molecule has 1 heterocycles. The van der Waals surface area contributed by atoms with Gasteiger partial charge in [-0.15, -0.1) is 0 Å². The molecule has 0 aliphatic carbocycles. The number of methoxy groups -OCH3 is 1. The minimum Gasteiger partial charge on any atom is -0.409 e. The van der Waals surface area contributed by atoms with Gasteiger partial charge < -0.3 is 25.3 Å². The maximum atomic E-state index is 8.80. The molecule has 0 unspecified atom stereocenters. The Hall–Kier alpha value is -0.850. The Morgan fingerprint density at radius 3 is 2.56 bits per heavy atom. The Morgan fingerprint density at radius 2 is 2.06 bits per heavy atom. The van der Waals surface area contributed by atoms with E-state index in [1.165, 1.54) is 0 Å². The highest BCUT2D eigenvalue weighted by atomic mass is 16.5. The third kappa shape index (κ3) is 3.83. The first-order valence-corrected chi connectivity index (χ1v) is 6.51. The summed E-state index contributed by atoms with van der Waals surface area (Å²) in [6.45, 7) is 6.36. The molecule has 18 heavy (non-hydrogen) atoms. The van der Waals surface area contributed by atoms with E-state index in [0.717, 1.165) is 52.1 Å². The fourth-order valence-electron chi connectivity index (χ4n) is 2.23. The number of ether oxygens (including phenoxy) is 2. The monoisotopic (exact) mass is 259 g/mol. The average Bonchev–Trinajstić information content (AvgIpc) is 2.43. The Kier molecular flexibility index (Phi) is 6.38. The Balaban J connectivity index is 2.35. The van der Waals surface area contributed by atoms with Gasteiger partial charge in [-0.3, -0.25) is 0 Å². The first-order valence-electron chi connectivity index (χ1n) is 6.51. The summed E-state index contributed by atoms with van der Waals surface area (Å²) in [5.41, 5.74) is 5.11. The molecule has 1 rings (SSSR count). The van der Waals surface area contributed by atoms with Crippen LogP contribution in [0.5, 0.6) is 0 Å². The summed E-state index contributed by atoms with van der Waals surface area (Å²) in [5.74, 6) is 0.173. The van der Waals surface area contributed by atoms with E-state index in [-0.39, 0.29) is 5.84 Å². The smallest absolute Gasteiger partial charge is 0.171 e. The summed E-state index contributed by atoms with van der Waals surface area (Å²) in [4.78, 5) is 2.32. The molecule has 1 fully saturated rings. The van der Waals surface area contributed by atoms with Crippen LogP contribution in [-0.2, 0) is 9.47 Å². The normalized spacial score (nSPS) is 21.1. The Morgan fingerprint density at radius 1 is 1.39 bits per heavy atom. The number of nitrogens with zero attached hydrogens (tertiary/aromatic N) is 2. The molecule has 1 saturated heterocycles. The third-order valence-electron chi connectivity index (χ3n) is 3.53.